The topological polar surface area (TPSA) is 86.8 Å². The Labute approximate surface area is 88.8 Å². The fourth-order valence-electron chi connectivity index (χ4n) is 1.69. The molecule has 6 heteroatoms. The van der Waals surface area contributed by atoms with Crippen molar-refractivity contribution >= 4 is 16.6 Å². The molecule has 1 aromatic carbocycles. The van der Waals surface area contributed by atoms with E-state index in [1.165, 1.54) is 10.8 Å². The molecule has 3 aromatic rings. The smallest absolute Gasteiger partial charge is 0.329 e. The molecular formula is C10H5N5O. The van der Waals surface area contributed by atoms with Crippen molar-refractivity contribution in [1.82, 2.24) is 19.6 Å². The van der Waals surface area contributed by atoms with Crippen LogP contribution in [0.25, 0.3) is 16.6 Å². The SMILES string of the molecule is N#Cc1cccc2c1nc(=O)n1nc[nH]c21. The number of hydrogen-bond donors (Lipinski definition) is 1. The van der Waals surface area contributed by atoms with Crippen molar-refractivity contribution in [2.24, 2.45) is 0 Å². The lowest BCUT2D eigenvalue weighted by atomic mass is 10.1. The standard InChI is InChI=1S/C10H5N5O/c11-4-6-2-1-3-7-8(6)14-10(16)15-9(7)12-5-13-15/h1-3,5H,(H,12,13). The van der Waals surface area contributed by atoms with Crippen molar-refractivity contribution in [3.63, 3.8) is 0 Å². The number of nitrogens with zero attached hydrogens (tertiary/aromatic N) is 4. The molecule has 0 amide bonds. The van der Waals surface area contributed by atoms with Crippen LogP contribution in [-0.2, 0) is 0 Å². The highest BCUT2D eigenvalue weighted by Crippen LogP contribution is 2.17. The van der Waals surface area contributed by atoms with Gasteiger partial charge in [0.25, 0.3) is 0 Å². The molecule has 76 valence electrons. The van der Waals surface area contributed by atoms with Gasteiger partial charge in [0.05, 0.1) is 11.1 Å². The first-order valence-electron chi connectivity index (χ1n) is 4.56. The van der Waals surface area contributed by atoms with E-state index in [2.05, 4.69) is 15.1 Å². The molecular weight excluding hydrogens is 206 g/mol. The van der Waals surface area contributed by atoms with Crippen LogP contribution in [-0.4, -0.2) is 19.6 Å². The minimum absolute atomic E-state index is 0.381. The van der Waals surface area contributed by atoms with Crippen LogP contribution in [0, 0.1) is 11.3 Å². The van der Waals surface area contributed by atoms with Gasteiger partial charge in [0.15, 0.2) is 0 Å². The summed E-state index contributed by atoms with van der Waals surface area (Å²) in [7, 11) is 0. The van der Waals surface area contributed by atoms with Crippen molar-refractivity contribution in [3.05, 3.63) is 40.6 Å². The van der Waals surface area contributed by atoms with E-state index in [4.69, 9.17) is 5.26 Å². The molecule has 0 saturated carbocycles. The number of nitrogens with one attached hydrogen (secondary N) is 1. The largest absolute Gasteiger partial charge is 0.370 e. The number of H-pyrrole nitrogens is 1. The summed E-state index contributed by atoms with van der Waals surface area (Å²) in [5.41, 5.74) is 0.838. The van der Waals surface area contributed by atoms with E-state index in [9.17, 15) is 4.79 Å². The first-order valence-corrected chi connectivity index (χ1v) is 4.56. The van der Waals surface area contributed by atoms with Gasteiger partial charge in [0.1, 0.15) is 18.0 Å². The van der Waals surface area contributed by atoms with Gasteiger partial charge < -0.3 is 4.98 Å². The quantitative estimate of drug-likeness (QED) is 0.584. The maximum absolute atomic E-state index is 11.6. The van der Waals surface area contributed by atoms with Gasteiger partial charge in [-0.1, -0.05) is 6.07 Å². The Hall–Kier alpha value is -2.68. The molecule has 2 aromatic heterocycles. The van der Waals surface area contributed by atoms with Gasteiger partial charge in [0.2, 0.25) is 0 Å². The molecule has 0 aliphatic carbocycles. The Bertz CT molecular complexity index is 792. The van der Waals surface area contributed by atoms with E-state index in [1.54, 1.807) is 18.2 Å². The van der Waals surface area contributed by atoms with Gasteiger partial charge in [-0.25, -0.2) is 4.79 Å². The number of nitriles is 1. The maximum atomic E-state index is 11.6. The number of rotatable bonds is 0. The molecule has 0 unspecified atom stereocenters. The molecule has 3 rings (SSSR count). The molecule has 0 aliphatic heterocycles. The van der Waals surface area contributed by atoms with Crippen LogP contribution >= 0.6 is 0 Å². The molecule has 0 saturated heterocycles. The van der Waals surface area contributed by atoms with Gasteiger partial charge in [-0.05, 0) is 12.1 Å². The Balaban J connectivity index is 2.69. The van der Waals surface area contributed by atoms with E-state index in [1.807, 2.05) is 6.07 Å². The first kappa shape index (κ1) is 8.61. The summed E-state index contributed by atoms with van der Waals surface area (Å²) < 4.78 is 1.17. The minimum Gasteiger partial charge on any atom is -0.329 e. The van der Waals surface area contributed by atoms with E-state index in [0.717, 1.165) is 0 Å². The van der Waals surface area contributed by atoms with Gasteiger partial charge in [-0.2, -0.15) is 19.9 Å². The summed E-state index contributed by atoms with van der Waals surface area (Å²) in [6, 6.07) is 7.17. The number of benzene rings is 1. The maximum Gasteiger partial charge on any atom is 0.370 e. The number of aromatic amines is 1. The highest BCUT2D eigenvalue weighted by atomic mass is 16.1. The Morgan fingerprint density at radius 1 is 1.44 bits per heavy atom. The molecule has 0 radical (unpaired) electrons. The van der Waals surface area contributed by atoms with E-state index >= 15 is 0 Å². The number of aromatic nitrogens is 4. The second kappa shape index (κ2) is 2.90. The fraction of sp³-hybridized carbons (Fsp3) is 0. The molecule has 0 atom stereocenters. The Kier molecular flexibility index (Phi) is 1.56. The summed E-state index contributed by atoms with van der Waals surface area (Å²) in [5.74, 6) is 0. The second-order valence-corrected chi connectivity index (χ2v) is 3.26. The lowest BCUT2D eigenvalue weighted by Crippen LogP contribution is -2.17. The summed E-state index contributed by atoms with van der Waals surface area (Å²) in [6.45, 7) is 0. The van der Waals surface area contributed by atoms with Crippen LogP contribution in [0.2, 0.25) is 0 Å². The highest BCUT2D eigenvalue weighted by molar-refractivity contribution is 5.93. The summed E-state index contributed by atoms with van der Waals surface area (Å²) in [5, 5.41) is 13.5. The van der Waals surface area contributed by atoms with Crippen molar-refractivity contribution in [2.45, 2.75) is 0 Å². The van der Waals surface area contributed by atoms with Crippen LogP contribution < -0.4 is 5.69 Å². The van der Waals surface area contributed by atoms with Crippen molar-refractivity contribution in [1.29, 1.82) is 5.26 Å². The molecule has 6 nitrogen and oxygen atoms in total. The van der Waals surface area contributed by atoms with Crippen molar-refractivity contribution in [3.8, 4) is 6.07 Å². The molecule has 0 aliphatic rings. The molecule has 0 bridgehead atoms. The van der Waals surface area contributed by atoms with Crippen molar-refractivity contribution in [2.75, 3.05) is 0 Å². The van der Waals surface area contributed by atoms with Crippen LogP contribution in [0.1, 0.15) is 5.56 Å². The highest BCUT2D eigenvalue weighted by Gasteiger charge is 2.09. The molecule has 2 heterocycles. The fourth-order valence-corrected chi connectivity index (χ4v) is 1.69. The lowest BCUT2D eigenvalue weighted by molar-refractivity contribution is 0.881. The third kappa shape index (κ3) is 0.966. The third-order valence-electron chi connectivity index (χ3n) is 2.39. The Morgan fingerprint density at radius 2 is 2.31 bits per heavy atom. The van der Waals surface area contributed by atoms with E-state index in [0.29, 0.717) is 22.1 Å². The van der Waals surface area contributed by atoms with Crippen molar-refractivity contribution < 1.29 is 0 Å². The minimum atomic E-state index is -0.494. The zero-order valence-electron chi connectivity index (χ0n) is 8.01. The Morgan fingerprint density at radius 3 is 3.12 bits per heavy atom. The van der Waals surface area contributed by atoms with Gasteiger partial charge in [-0.3, -0.25) is 0 Å². The summed E-state index contributed by atoms with van der Waals surface area (Å²) in [6.07, 6.45) is 1.41. The van der Waals surface area contributed by atoms with Crippen LogP contribution in [0.4, 0.5) is 0 Å². The van der Waals surface area contributed by atoms with Crippen LogP contribution in [0.15, 0.2) is 29.3 Å². The van der Waals surface area contributed by atoms with E-state index in [-0.39, 0.29) is 0 Å². The lowest BCUT2D eigenvalue weighted by Gasteiger charge is -1.99. The first-order chi connectivity index (χ1) is 7.81. The average Bonchev–Trinajstić information content (AvgIpc) is 2.78. The zero-order valence-corrected chi connectivity index (χ0v) is 8.01. The van der Waals surface area contributed by atoms with Gasteiger partial charge in [0, 0.05) is 5.39 Å². The van der Waals surface area contributed by atoms with E-state index < -0.39 is 5.69 Å². The number of hydrogen-bond acceptors (Lipinski definition) is 4. The van der Waals surface area contributed by atoms with Gasteiger partial charge in [-0.15, -0.1) is 0 Å². The van der Waals surface area contributed by atoms with Crippen LogP contribution in [0.3, 0.4) is 0 Å². The predicted octanol–water partition coefficient (Wildman–Crippen LogP) is 0.442. The normalized spacial score (nSPS) is 10.7. The van der Waals surface area contributed by atoms with Gasteiger partial charge >= 0.3 is 5.69 Å². The number of fused-ring (bicyclic) bond motifs is 3. The predicted molar refractivity (Wildman–Crippen MR) is 55.8 cm³/mol. The third-order valence-corrected chi connectivity index (χ3v) is 2.39. The molecule has 16 heavy (non-hydrogen) atoms. The molecule has 1 N–H and O–H groups in total. The summed E-state index contributed by atoms with van der Waals surface area (Å²) >= 11 is 0. The molecule has 0 fully saturated rings. The zero-order chi connectivity index (χ0) is 11.1. The van der Waals surface area contributed by atoms with Crippen LogP contribution in [0.5, 0.6) is 0 Å². The number of para-hydroxylation sites is 1. The molecule has 0 spiro atoms. The summed E-state index contributed by atoms with van der Waals surface area (Å²) in [4.78, 5) is 18.3. The second-order valence-electron chi connectivity index (χ2n) is 3.26. The average molecular weight is 211 g/mol. The monoisotopic (exact) mass is 211 g/mol.